The van der Waals surface area contributed by atoms with Crippen molar-refractivity contribution in [3.05, 3.63) is 131 Å². The van der Waals surface area contributed by atoms with Crippen LogP contribution in [0.1, 0.15) is 16.7 Å². The summed E-state index contributed by atoms with van der Waals surface area (Å²) in [6.07, 6.45) is 7.00. The molecule has 28 heavy (non-hydrogen) atoms. The molecule has 4 rings (SSSR count). The summed E-state index contributed by atoms with van der Waals surface area (Å²) in [6.45, 7) is 0. The van der Waals surface area contributed by atoms with Gasteiger partial charge in [0.1, 0.15) is 5.60 Å². The third-order valence-electron chi connectivity index (χ3n) is 4.95. The summed E-state index contributed by atoms with van der Waals surface area (Å²) in [4.78, 5) is 12.9. The Balaban J connectivity index is 1.81. The maximum atomic E-state index is 12.9. The van der Waals surface area contributed by atoms with Crippen molar-refractivity contribution in [2.24, 2.45) is 0 Å². The van der Waals surface area contributed by atoms with Crippen LogP contribution in [0.5, 0.6) is 0 Å². The molecule has 0 radical (unpaired) electrons. The van der Waals surface area contributed by atoms with Crippen molar-refractivity contribution in [1.82, 2.24) is 0 Å². The van der Waals surface area contributed by atoms with Crippen molar-refractivity contribution < 1.29 is 9.90 Å². The summed E-state index contributed by atoms with van der Waals surface area (Å²) in [5.41, 5.74) is 2.01. The van der Waals surface area contributed by atoms with E-state index in [4.69, 9.17) is 0 Å². The molecule has 0 aromatic heterocycles. The first kappa shape index (κ1) is 17.9. The van der Waals surface area contributed by atoms with Gasteiger partial charge in [-0.3, -0.25) is 4.79 Å². The van der Waals surface area contributed by atoms with E-state index < -0.39 is 5.60 Å². The van der Waals surface area contributed by atoms with Gasteiger partial charge in [0.05, 0.1) is 0 Å². The lowest BCUT2D eigenvalue weighted by Gasteiger charge is -2.28. The monoisotopic (exact) mass is 364 g/mol. The zero-order chi connectivity index (χ0) is 19.4. The molecule has 0 spiro atoms. The number of carbonyl (C=O) groups is 1. The molecule has 0 heterocycles. The van der Waals surface area contributed by atoms with Crippen molar-refractivity contribution in [3.63, 3.8) is 0 Å². The molecule has 1 aliphatic rings. The average Bonchev–Trinajstić information content (AvgIpc) is 3.02. The molecule has 3 aromatic rings. The minimum absolute atomic E-state index is 0.178. The number of aliphatic hydroxyl groups is 1. The molecule has 0 fully saturated rings. The fourth-order valence-corrected chi connectivity index (χ4v) is 3.56. The van der Waals surface area contributed by atoms with Gasteiger partial charge < -0.3 is 5.11 Å². The smallest absolute Gasteiger partial charge is 0.185 e. The molecule has 1 atom stereocenters. The topological polar surface area (TPSA) is 37.3 Å². The van der Waals surface area contributed by atoms with E-state index in [9.17, 15) is 9.90 Å². The van der Waals surface area contributed by atoms with Crippen LogP contribution < -0.4 is 0 Å². The van der Waals surface area contributed by atoms with Crippen LogP contribution >= 0.6 is 0 Å². The SMILES string of the molecule is O=C1C=C(c2ccccc2)C(O)(c2ccccc2)/C1=C\C=C\c1ccccc1. The van der Waals surface area contributed by atoms with Gasteiger partial charge in [-0.2, -0.15) is 0 Å². The number of rotatable bonds is 4. The summed E-state index contributed by atoms with van der Waals surface area (Å²) < 4.78 is 0. The van der Waals surface area contributed by atoms with Crippen LogP contribution in [0.2, 0.25) is 0 Å². The molecule has 136 valence electrons. The van der Waals surface area contributed by atoms with E-state index in [1.807, 2.05) is 103 Å². The van der Waals surface area contributed by atoms with Crippen molar-refractivity contribution in [2.75, 3.05) is 0 Å². The fraction of sp³-hybridized carbons (Fsp3) is 0.0385. The number of ketones is 1. The Bertz CT molecular complexity index is 1060. The standard InChI is InChI=1S/C26H20O2/c27-25-19-24(21-14-6-2-7-15-21)26(28,22-16-8-3-9-17-22)23(25)18-10-13-20-11-4-1-5-12-20/h1-19,28H/b13-10+,23-18-. The Kier molecular flexibility index (Phi) is 4.88. The van der Waals surface area contributed by atoms with Gasteiger partial charge in [-0.1, -0.05) is 109 Å². The van der Waals surface area contributed by atoms with Crippen molar-refractivity contribution in [3.8, 4) is 0 Å². The predicted molar refractivity (Wildman–Crippen MR) is 113 cm³/mol. The highest BCUT2D eigenvalue weighted by molar-refractivity contribution is 6.18. The van der Waals surface area contributed by atoms with E-state index in [1.165, 1.54) is 0 Å². The molecule has 0 saturated carbocycles. The van der Waals surface area contributed by atoms with Crippen LogP contribution in [0, 0.1) is 0 Å². The molecule has 0 saturated heterocycles. The normalized spacial score (nSPS) is 20.7. The Labute approximate surface area is 164 Å². The van der Waals surface area contributed by atoms with Crippen molar-refractivity contribution in [2.45, 2.75) is 5.60 Å². The average molecular weight is 364 g/mol. The fourth-order valence-electron chi connectivity index (χ4n) is 3.56. The Morgan fingerprint density at radius 1 is 0.750 bits per heavy atom. The van der Waals surface area contributed by atoms with E-state index in [-0.39, 0.29) is 5.78 Å². The lowest BCUT2D eigenvalue weighted by Crippen LogP contribution is -2.28. The van der Waals surface area contributed by atoms with Gasteiger partial charge in [0.25, 0.3) is 0 Å². The van der Waals surface area contributed by atoms with Gasteiger partial charge in [-0.05, 0) is 22.8 Å². The second kappa shape index (κ2) is 7.63. The zero-order valence-corrected chi connectivity index (χ0v) is 15.3. The summed E-state index contributed by atoms with van der Waals surface area (Å²) >= 11 is 0. The van der Waals surface area contributed by atoms with Crippen LogP contribution in [0.4, 0.5) is 0 Å². The molecule has 1 N–H and O–H groups in total. The lowest BCUT2D eigenvalue weighted by atomic mass is 9.80. The van der Waals surface area contributed by atoms with Crippen molar-refractivity contribution in [1.29, 1.82) is 0 Å². The number of hydrogen-bond acceptors (Lipinski definition) is 2. The van der Waals surface area contributed by atoms with Crippen LogP contribution in [-0.4, -0.2) is 10.9 Å². The lowest BCUT2D eigenvalue weighted by molar-refractivity contribution is -0.112. The molecule has 1 aliphatic carbocycles. The molecule has 1 unspecified atom stereocenters. The van der Waals surface area contributed by atoms with Gasteiger partial charge >= 0.3 is 0 Å². The second-order valence-electron chi connectivity index (χ2n) is 6.71. The molecule has 0 bridgehead atoms. The summed E-state index contributed by atoms with van der Waals surface area (Å²) in [7, 11) is 0. The minimum atomic E-state index is -1.49. The molecule has 2 nitrogen and oxygen atoms in total. The highest BCUT2D eigenvalue weighted by Crippen LogP contribution is 2.47. The van der Waals surface area contributed by atoms with Crippen LogP contribution in [0.25, 0.3) is 11.6 Å². The number of benzene rings is 3. The third-order valence-corrected chi connectivity index (χ3v) is 4.95. The number of allylic oxidation sites excluding steroid dienone is 3. The molecular formula is C26H20O2. The summed E-state index contributed by atoms with van der Waals surface area (Å²) in [5.74, 6) is -0.178. The van der Waals surface area contributed by atoms with Gasteiger partial charge in [0, 0.05) is 11.1 Å². The summed E-state index contributed by atoms with van der Waals surface area (Å²) in [6, 6.07) is 28.8. The Morgan fingerprint density at radius 3 is 1.96 bits per heavy atom. The second-order valence-corrected chi connectivity index (χ2v) is 6.71. The first-order valence-corrected chi connectivity index (χ1v) is 9.23. The molecule has 2 heteroatoms. The van der Waals surface area contributed by atoms with E-state index in [2.05, 4.69) is 0 Å². The van der Waals surface area contributed by atoms with E-state index in [1.54, 1.807) is 12.2 Å². The van der Waals surface area contributed by atoms with Crippen LogP contribution in [0.3, 0.4) is 0 Å². The highest BCUT2D eigenvalue weighted by Gasteiger charge is 2.45. The Hall–Kier alpha value is -3.49. The molecular weight excluding hydrogens is 344 g/mol. The van der Waals surface area contributed by atoms with Gasteiger partial charge in [-0.25, -0.2) is 0 Å². The maximum Gasteiger partial charge on any atom is 0.185 e. The van der Waals surface area contributed by atoms with E-state index in [0.717, 1.165) is 11.1 Å². The molecule has 0 aliphatic heterocycles. The first-order chi connectivity index (χ1) is 13.7. The predicted octanol–water partition coefficient (Wildman–Crippen LogP) is 5.18. The van der Waals surface area contributed by atoms with E-state index >= 15 is 0 Å². The zero-order valence-electron chi connectivity index (χ0n) is 15.3. The third kappa shape index (κ3) is 3.26. The molecule has 3 aromatic carbocycles. The number of carbonyl (C=O) groups excluding carboxylic acids is 1. The maximum absolute atomic E-state index is 12.9. The quantitative estimate of drug-likeness (QED) is 0.648. The summed E-state index contributed by atoms with van der Waals surface area (Å²) in [5, 5.41) is 11.8. The van der Waals surface area contributed by atoms with Gasteiger partial charge in [-0.15, -0.1) is 0 Å². The molecule has 0 amide bonds. The van der Waals surface area contributed by atoms with E-state index in [0.29, 0.717) is 16.7 Å². The largest absolute Gasteiger partial charge is 0.376 e. The minimum Gasteiger partial charge on any atom is -0.376 e. The van der Waals surface area contributed by atoms with Gasteiger partial charge in [0.15, 0.2) is 5.78 Å². The van der Waals surface area contributed by atoms with Crippen molar-refractivity contribution >= 4 is 17.4 Å². The first-order valence-electron chi connectivity index (χ1n) is 9.23. The number of hydrogen-bond donors (Lipinski definition) is 1. The van der Waals surface area contributed by atoms with Crippen LogP contribution in [0.15, 0.2) is 115 Å². The highest BCUT2D eigenvalue weighted by atomic mass is 16.3. The van der Waals surface area contributed by atoms with Gasteiger partial charge in [0.2, 0.25) is 0 Å². The Morgan fingerprint density at radius 2 is 1.32 bits per heavy atom. The van der Waals surface area contributed by atoms with Crippen LogP contribution in [-0.2, 0) is 10.4 Å².